The second kappa shape index (κ2) is 6.55. The van der Waals surface area contributed by atoms with E-state index in [9.17, 15) is 9.59 Å². The molecule has 2 amide bonds. The minimum Gasteiger partial charge on any atom is -0.382 e. The van der Waals surface area contributed by atoms with Gasteiger partial charge in [0.1, 0.15) is 0 Å². The van der Waals surface area contributed by atoms with E-state index < -0.39 is 5.54 Å². The van der Waals surface area contributed by atoms with E-state index in [1.54, 1.807) is 14.2 Å². The summed E-state index contributed by atoms with van der Waals surface area (Å²) in [6.45, 7) is 1.01. The van der Waals surface area contributed by atoms with Crippen LogP contribution >= 0.6 is 0 Å². The molecule has 2 aliphatic rings. The van der Waals surface area contributed by atoms with Crippen LogP contribution in [0.1, 0.15) is 47.4 Å². The third-order valence-corrected chi connectivity index (χ3v) is 5.34. The summed E-state index contributed by atoms with van der Waals surface area (Å²) < 4.78 is 7.22. The van der Waals surface area contributed by atoms with Crippen LogP contribution in [0.3, 0.4) is 0 Å². The standard InChI is InChI=1S/C17H26N4O3/c1-18-14(22)10-17(11-24-3)8-5-9-21(17)16(23)15-12-6-4-7-13(12)20(2)19-15/h4-11H2,1-3H3,(H,18,22)/t17-/m1/s1. The first-order valence-electron chi connectivity index (χ1n) is 8.58. The van der Waals surface area contributed by atoms with E-state index in [0.29, 0.717) is 18.8 Å². The van der Waals surface area contributed by atoms with Crippen LogP contribution in [0.25, 0.3) is 0 Å². The maximum atomic E-state index is 13.2. The summed E-state index contributed by atoms with van der Waals surface area (Å²) in [5.41, 5.74) is 2.24. The first-order valence-corrected chi connectivity index (χ1v) is 8.58. The molecule has 1 aromatic rings. The number of hydrogen-bond acceptors (Lipinski definition) is 4. The molecule has 7 nitrogen and oxygen atoms in total. The fraction of sp³-hybridized carbons (Fsp3) is 0.706. The average Bonchev–Trinajstić information content (AvgIpc) is 3.24. The molecular formula is C17H26N4O3. The molecule has 1 aliphatic carbocycles. The van der Waals surface area contributed by atoms with Crippen molar-refractivity contribution in [3.05, 3.63) is 17.0 Å². The van der Waals surface area contributed by atoms with Gasteiger partial charge in [-0.2, -0.15) is 5.10 Å². The Bertz CT molecular complexity index is 655. The first-order chi connectivity index (χ1) is 11.5. The summed E-state index contributed by atoms with van der Waals surface area (Å²) in [5.74, 6) is -0.134. The van der Waals surface area contributed by atoms with Gasteiger partial charge in [0.2, 0.25) is 5.91 Å². The summed E-state index contributed by atoms with van der Waals surface area (Å²) >= 11 is 0. The van der Waals surface area contributed by atoms with E-state index in [-0.39, 0.29) is 18.2 Å². The number of ether oxygens (including phenoxy) is 1. The number of aromatic nitrogens is 2. The average molecular weight is 334 g/mol. The summed E-state index contributed by atoms with van der Waals surface area (Å²) in [6, 6.07) is 0. The Morgan fingerprint density at radius 2 is 2.12 bits per heavy atom. The van der Waals surface area contributed by atoms with E-state index in [4.69, 9.17) is 4.74 Å². The molecule has 3 rings (SSSR count). The van der Waals surface area contributed by atoms with Crippen LogP contribution in [0, 0.1) is 0 Å². The number of nitrogens with zero attached hydrogens (tertiary/aromatic N) is 3. The van der Waals surface area contributed by atoms with Gasteiger partial charge < -0.3 is 15.0 Å². The van der Waals surface area contributed by atoms with Gasteiger partial charge in [-0.15, -0.1) is 0 Å². The van der Waals surface area contributed by atoms with Crippen LogP contribution in [0.4, 0.5) is 0 Å². The Labute approximate surface area is 142 Å². The molecular weight excluding hydrogens is 308 g/mol. The van der Waals surface area contributed by atoms with Crippen LogP contribution in [-0.4, -0.2) is 59.3 Å². The van der Waals surface area contributed by atoms with E-state index in [2.05, 4.69) is 10.4 Å². The number of carbonyl (C=O) groups is 2. The van der Waals surface area contributed by atoms with Crippen molar-refractivity contribution in [3.8, 4) is 0 Å². The Morgan fingerprint density at radius 1 is 1.33 bits per heavy atom. The van der Waals surface area contributed by atoms with Gasteiger partial charge in [0.25, 0.3) is 5.91 Å². The molecule has 0 radical (unpaired) electrons. The smallest absolute Gasteiger partial charge is 0.275 e. The number of fused-ring (bicyclic) bond motifs is 1. The van der Waals surface area contributed by atoms with Gasteiger partial charge in [-0.3, -0.25) is 14.3 Å². The number of nitrogens with one attached hydrogen (secondary N) is 1. The van der Waals surface area contributed by atoms with Crippen molar-refractivity contribution in [1.82, 2.24) is 20.0 Å². The lowest BCUT2D eigenvalue weighted by molar-refractivity contribution is -0.123. The van der Waals surface area contributed by atoms with E-state index in [1.165, 1.54) is 5.69 Å². The molecule has 1 saturated heterocycles. The Balaban J connectivity index is 1.92. The van der Waals surface area contributed by atoms with Crippen molar-refractivity contribution in [2.75, 3.05) is 27.3 Å². The van der Waals surface area contributed by atoms with Gasteiger partial charge in [0, 0.05) is 39.0 Å². The molecule has 0 spiro atoms. The lowest BCUT2D eigenvalue weighted by atomic mass is 9.91. The zero-order valence-corrected chi connectivity index (χ0v) is 14.7. The lowest BCUT2D eigenvalue weighted by Crippen LogP contribution is -2.53. The van der Waals surface area contributed by atoms with Gasteiger partial charge >= 0.3 is 0 Å². The van der Waals surface area contributed by atoms with Crippen molar-refractivity contribution in [1.29, 1.82) is 0 Å². The highest BCUT2D eigenvalue weighted by molar-refractivity contribution is 5.95. The molecule has 2 heterocycles. The molecule has 7 heteroatoms. The van der Waals surface area contributed by atoms with Crippen LogP contribution < -0.4 is 5.32 Å². The van der Waals surface area contributed by atoms with Crippen LogP contribution in [0.15, 0.2) is 0 Å². The summed E-state index contributed by atoms with van der Waals surface area (Å²) in [4.78, 5) is 27.1. The molecule has 1 N–H and O–H groups in total. The van der Waals surface area contributed by atoms with Crippen molar-refractivity contribution in [2.45, 2.75) is 44.1 Å². The van der Waals surface area contributed by atoms with Crippen LogP contribution in [0.2, 0.25) is 0 Å². The maximum absolute atomic E-state index is 13.2. The zero-order chi connectivity index (χ0) is 17.3. The van der Waals surface area contributed by atoms with Crippen molar-refractivity contribution in [2.24, 2.45) is 7.05 Å². The Hall–Kier alpha value is -1.89. The quantitative estimate of drug-likeness (QED) is 0.858. The van der Waals surface area contributed by atoms with Crippen molar-refractivity contribution >= 4 is 11.8 Å². The summed E-state index contributed by atoms with van der Waals surface area (Å²) in [5, 5.41) is 7.15. The Morgan fingerprint density at radius 3 is 2.83 bits per heavy atom. The number of rotatable bonds is 5. The number of amides is 2. The molecule has 0 unspecified atom stereocenters. The second-order valence-corrected chi connectivity index (χ2v) is 6.82. The third kappa shape index (κ3) is 2.70. The summed E-state index contributed by atoms with van der Waals surface area (Å²) in [6.07, 6.45) is 4.87. The highest BCUT2D eigenvalue weighted by atomic mass is 16.5. The highest BCUT2D eigenvalue weighted by Gasteiger charge is 2.46. The largest absolute Gasteiger partial charge is 0.382 e. The van der Waals surface area contributed by atoms with Gasteiger partial charge in [-0.05, 0) is 32.1 Å². The van der Waals surface area contributed by atoms with Crippen molar-refractivity contribution in [3.63, 3.8) is 0 Å². The molecule has 0 saturated carbocycles. The summed E-state index contributed by atoms with van der Waals surface area (Å²) in [7, 11) is 5.14. The highest BCUT2D eigenvalue weighted by Crippen LogP contribution is 2.35. The van der Waals surface area contributed by atoms with Gasteiger partial charge in [-0.25, -0.2) is 0 Å². The molecule has 1 aliphatic heterocycles. The number of aryl methyl sites for hydroxylation is 1. The van der Waals surface area contributed by atoms with Gasteiger partial charge in [0.15, 0.2) is 5.69 Å². The van der Waals surface area contributed by atoms with Crippen molar-refractivity contribution < 1.29 is 14.3 Å². The number of likely N-dealkylation sites (tertiary alicyclic amines) is 1. The number of hydrogen-bond donors (Lipinski definition) is 1. The molecule has 1 aromatic heterocycles. The van der Waals surface area contributed by atoms with Gasteiger partial charge in [-0.1, -0.05) is 0 Å². The normalized spacial score (nSPS) is 22.7. The molecule has 1 fully saturated rings. The molecule has 132 valence electrons. The second-order valence-electron chi connectivity index (χ2n) is 6.82. The molecule has 1 atom stereocenters. The van der Waals surface area contributed by atoms with Crippen LogP contribution in [0.5, 0.6) is 0 Å². The minimum atomic E-state index is -0.574. The number of carbonyl (C=O) groups excluding carboxylic acids is 2. The predicted molar refractivity (Wildman–Crippen MR) is 88.8 cm³/mol. The first kappa shape index (κ1) is 17.0. The monoisotopic (exact) mass is 334 g/mol. The Kier molecular flexibility index (Phi) is 4.62. The van der Waals surface area contributed by atoms with E-state index >= 15 is 0 Å². The number of methoxy groups -OCH3 is 1. The maximum Gasteiger partial charge on any atom is 0.275 e. The van der Waals surface area contributed by atoms with E-state index in [0.717, 1.165) is 37.7 Å². The minimum absolute atomic E-state index is 0.0628. The van der Waals surface area contributed by atoms with E-state index in [1.807, 2.05) is 16.6 Å². The predicted octanol–water partition coefficient (Wildman–Crippen LogP) is 0.666. The fourth-order valence-electron chi connectivity index (χ4n) is 4.21. The van der Waals surface area contributed by atoms with Crippen LogP contribution in [-0.2, 0) is 29.4 Å². The molecule has 24 heavy (non-hydrogen) atoms. The zero-order valence-electron chi connectivity index (χ0n) is 14.7. The van der Waals surface area contributed by atoms with Gasteiger partial charge in [0.05, 0.1) is 18.6 Å². The SMILES string of the molecule is CNC(=O)C[C@@]1(COC)CCCN1C(=O)c1nn(C)c2c1CCC2. The molecule has 0 bridgehead atoms. The molecule has 0 aromatic carbocycles. The topological polar surface area (TPSA) is 76.5 Å². The lowest BCUT2D eigenvalue weighted by Gasteiger charge is -2.37. The third-order valence-electron chi connectivity index (χ3n) is 5.34. The fourth-order valence-corrected chi connectivity index (χ4v) is 4.21.